The maximum absolute atomic E-state index is 10.8. The van der Waals surface area contributed by atoms with Crippen LogP contribution < -0.4 is 11.1 Å². The zero-order valence-corrected chi connectivity index (χ0v) is 8.71. The van der Waals surface area contributed by atoms with E-state index in [0.29, 0.717) is 13.0 Å². The lowest BCUT2D eigenvalue weighted by atomic mass is 10.2. The van der Waals surface area contributed by atoms with Gasteiger partial charge in [0.15, 0.2) is 0 Å². The van der Waals surface area contributed by atoms with Gasteiger partial charge in [0.1, 0.15) is 0 Å². The second kappa shape index (κ2) is 5.84. The summed E-state index contributed by atoms with van der Waals surface area (Å²) in [7, 11) is 0. The number of rotatable bonds is 2. The average molecular weight is 202 g/mol. The van der Waals surface area contributed by atoms with Crippen molar-refractivity contribution in [2.75, 3.05) is 11.9 Å². The number of nitrogens with one attached hydrogen (secondary N) is 1. The Morgan fingerprint density at radius 2 is 2.07 bits per heavy atom. The lowest BCUT2D eigenvalue weighted by molar-refractivity contribution is -0.114. The van der Waals surface area contributed by atoms with Crippen LogP contribution in [0.4, 0.5) is 5.69 Å². The number of hydrogen-bond donors (Lipinski definition) is 2. The summed E-state index contributed by atoms with van der Waals surface area (Å²) in [4.78, 5) is 10.8. The third-order valence-corrected chi connectivity index (χ3v) is 1.71. The van der Waals surface area contributed by atoms with Crippen LogP contribution in [0.5, 0.6) is 0 Å². The van der Waals surface area contributed by atoms with E-state index in [9.17, 15) is 4.79 Å². The van der Waals surface area contributed by atoms with Crippen molar-refractivity contribution in [3.63, 3.8) is 0 Å². The summed E-state index contributed by atoms with van der Waals surface area (Å²) in [5.74, 6) is 5.86. The van der Waals surface area contributed by atoms with Crippen LogP contribution in [0.25, 0.3) is 0 Å². The van der Waals surface area contributed by atoms with E-state index >= 15 is 0 Å². The van der Waals surface area contributed by atoms with Crippen LogP contribution in [-0.4, -0.2) is 12.5 Å². The van der Waals surface area contributed by atoms with Gasteiger partial charge in [0.25, 0.3) is 0 Å². The highest BCUT2D eigenvalue weighted by Gasteiger charge is 1.93. The van der Waals surface area contributed by atoms with Crippen molar-refractivity contribution in [1.29, 1.82) is 0 Å². The second-order valence-electron chi connectivity index (χ2n) is 3.10. The van der Waals surface area contributed by atoms with E-state index in [4.69, 9.17) is 5.73 Å². The number of benzene rings is 1. The highest BCUT2D eigenvalue weighted by molar-refractivity contribution is 5.88. The van der Waals surface area contributed by atoms with E-state index < -0.39 is 0 Å². The van der Waals surface area contributed by atoms with Gasteiger partial charge >= 0.3 is 0 Å². The molecular formula is C12H14N2O. The van der Waals surface area contributed by atoms with E-state index in [1.54, 1.807) is 0 Å². The summed E-state index contributed by atoms with van der Waals surface area (Å²) in [6.45, 7) is 2.06. The summed E-state index contributed by atoms with van der Waals surface area (Å²) in [5.41, 5.74) is 7.03. The third-order valence-electron chi connectivity index (χ3n) is 1.71. The van der Waals surface area contributed by atoms with Gasteiger partial charge in [-0.2, -0.15) is 0 Å². The van der Waals surface area contributed by atoms with Crippen molar-refractivity contribution in [3.05, 3.63) is 29.8 Å². The fraction of sp³-hybridized carbons (Fsp3) is 0.250. The van der Waals surface area contributed by atoms with Crippen LogP contribution >= 0.6 is 0 Å². The largest absolute Gasteiger partial charge is 0.330 e. The summed E-state index contributed by atoms with van der Waals surface area (Å²) in [6.07, 6.45) is 0.702. The van der Waals surface area contributed by atoms with Gasteiger partial charge in [-0.3, -0.25) is 4.79 Å². The normalized spacial score (nSPS) is 8.93. The molecule has 0 saturated heterocycles. The molecule has 0 aromatic heterocycles. The van der Waals surface area contributed by atoms with E-state index in [-0.39, 0.29) is 5.91 Å². The number of carbonyl (C=O) groups is 1. The molecule has 78 valence electrons. The Balaban J connectivity index is 2.65. The SMILES string of the molecule is CC(=O)Nc1ccc(C#CCCN)cc1. The van der Waals surface area contributed by atoms with Gasteiger partial charge in [0.2, 0.25) is 5.91 Å². The first-order valence-corrected chi connectivity index (χ1v) is 4.79. The van der Waals surface area contributed by atoms with Crippen molar-refractivity contribution in [2.45, 2.75) is 13.3 Å². The Morgan fingerprint density at radius 3 is 2.60 bits per heavy atom. The van der Waals surface area contributed by atoms with E-state index in [2.05, 4.69) is 17.2 Å². The Labute approximate surface area is 89.7 Å². The minimum absolute atomic E-state index is 0.0723. The molecule has 1 amide bonds. The predicted molar refractivity (Wildman–Crippen MR) is 61.3 cm³/mol. The molecular weight excluding hydrogens is 188 g/mol. The molecule has 3 nitrogen and oxygen atoms in total. The van der Waals surface area contributed by atoms with Gasteiger partial charge in [0, 0.05) is 31.1 Å². The molecule has 1 aromatic carbocycles. The Hall–Kier alpha value is -1.79. The molecule has 0 bridgehead atoms. The summed E-state index contributed by atoms with van der Waals surface area (Å²) in [6, 6.07) is 7.39. The van der Waals surface area contributed by atoms with Gasteiger partial charge in [0.05, 0.1) is 0 Å². The molecule has 0 unspecified atom stereocenters. The zero-order chi connectivity index (χ0) is 11.1. The van der Waals surface area contributed by atoms with Crippen molar-refractivity contribution in [1.82, 2.24) is 0 Å². The van der Waals surface area contributed by atoms with Crippen molar-refractivity contribution in [3.8, 4) is 11.8 Å². The van der Waals surface area contributed by atoms with E-state index in [0.717, 1.165) is 11.3 Å². The average Bonchev–Trinajstić information content (AvgIpc) is 2.20. The Morgan fingerprint density at radius 1 is 1.40 bits per heavy atom. The highest BCUT2D eigenvalue weighted by atomic mass is 16.1. The van der Waals surface area contributed by atoms with Crippen LogP contribution in [0.15, 0.2) is 24.3 Å². The van der Waals surface area contributed by atoms with Crippen molar-refractivity contribution < 1.29 is 4.79 Å². The number of anilines is 1. The molecule has 1 aromatic rings. The molecule has 3 heteroatoms. The Kier molecular flexibility index (Phi) is 4.39. The second-order valence-corrected chi connectivity index (χ2v) is 3.10. The Bertz CT molecular complexity index is 384. The van der Waals surface area contributed by atoms with Crippen molar-refractivity contribution in [2.24, 2.45) is 5.73 Å². The molecule has 0 heterocycles. The monoisotopic (exact) mass is 202 g/mol. The first kappa shape index (κ1) is 11.3. The smallest absolute Gasteiger partial charge is 0.221 e. The lowest BCUT2D eigenvalue weighted by Crippen LogP contribution is -2.05. The van der Waals surface area contributed by atoms with Crippen molar-refractivity contribution >= 4 is 11.6 Å². The minimum atomic E-state index is -0.0723. The topological polar surface area (TPSA) is 55.1 Å². The number of carbonyl (C=O) groups excluding carboxylic acids is 1. The highest BCUT2D eigenvalue weighted by Crippen LogP contribution is 2.08. The van der Waals surface area contributed by atoms with Crippen LogP contribution in [0.1, 0.15) is 18.9 Å². The number of hydrogen-bond acceptors (Lipinski definition) is 2. The molecule has 3 N–H and O–H groups in total. The van der Waals surface area contributed by atoms with Crippen LogP contribution in [0.3, 0.4) is 0 Å². The first-order valence-electron chi connectivity index (χ1n) is 4.79. The maximum atomic E-state index is 10.8. The van der Waals surface area contributed by atoms with Crippen LogP contribution in [-0.2, 0) is 4.79 Å². The molecule has 0 radical (unpaired) electrons. The zero-order valence-electron chi connectivity index (χ0n) is 8.71. The molecule has 0 fully saturated rings. The molecule has 0 aliphatic rings. The third kappa shape index (κ3) is 4.30. The predicted octanol–water partition coefficient (Wildman–Crippen LogP) is 1.35. The quantitative estimate of drug-likeness (QED) is 0.711. The van der Waals surface area contributed by atoms with Gasteiger partial charge in [-0.15, -0.1) is 0 Å². The summed E-state index contributed by atoms with van der Waals surface area (Å²) < 4.78 is 0. The maximum Gasteiger partial charge on any atom is 0.221 e. The molecule has 0 aliphatic carbocycles. The fourth-order valence-corrected chi connectivity index (χ4v) is 1.08. The summed E-state index contributed by atoms with van der Waals surface area (Å²) in [5, 5.41) is 2.69. The first-order chi connectivity index (χ1) is 7.22. The van der Waals surface area contributed by atoms with Gasteiger partial charge < -0.3 is 11.1 Å². The van der Waals surface area contributed by atoms with Gasteiger partial charge in [-0.1, -0.05) is 11.8 Å². The fourth-order valence-electron chi connectivity index (χ4n) is 1.08. The molecule has 1 rings (SSSR count). The number of amides is 1. The molecule has 0 atom stereocenters. The summed E-state index contributed by atoms with van der Waals surface area (Å²) >= 11 is 0. The molecule has 0 aliphatic heterocycles. The molecule has 15 heavy (non-hydrogen) atoms. The van der Waals surface area contributed by atoms with E-state index in [1.807, 2.05) is 24.3 Å². The van der Waals surface area contributed by atoms with E-state index in [1.165, 1.54) is 6.92 Å². The number of nitrogens with two attached hydrogens (primary N) is 1. The molecule has 0 spiro atoms. The van der Waals surface area contributed by atoms with Gasteiger partial charge in [-0.05, 0) is 24.3 Å². The van der Waals surface area contributed by atoms with Crippen LogP contribution in [0, 0.1) is 11.8 Å². The minimum Gasteiger partial charge on any atom is -0.330 e. The molecule has 0 saturated carbocycles. The lowest BCUT2D eigenvalue weighted by Gasteiger charge is -2.00. The van der Waals surface area contributed by atoms with Crippen LogP contribution in [0.2, 0.25) is 0 Å². The van der Waals surface area contributed by atoms with Gasteiger partial charge in [-0.25, -0.2) is 0 Å². The standard InChI is InChI=1S/C12H14N2O/c1-10(15)14-12-7-5-11(6-8-12)4-2-3-9-13/h5-8H,3,9,13H2,1H3,(H,14,15).